The van der Waals surface area contributed by atoms with Crippen LogP contribution in [0, 0.1) is 0 Å². The van der Waals surface area contributed by atoms with Crippen molar-refractivity contribution in [2.24, 2.45) is 0 Å². The molecule has 0 aliphatic heterocycles. The van der Waals surface area contributed by atoms with Gasteiger partial charge in [-0.1, -0.05) is 121 Å². The number of rotatable bonds is 5. The molecule has 3 aromatic heterocycles. The van der Waals surface area contributed by atoms with E-state index < -0.39 is 0 Å². The molecular formula is C45H27N3O2. The number of nitrogens with zero attached hydrogens (tertiary/aromatic N) is 3. The van der Waals surface area contributed by atoms with Gasteiger partial charge in [0.1, 0.15) is 22.3 Å². The van der Waals surface area contributed by atoms with Crippen LogP contribution in [0.4, 0.5) is 0 Å². The largest absolute Gasteiger partial charge is 0.456 e. The summed E-state index contributed by atoms with van der Waals surface area (Å²) in [7, 11) is 0. The minimum Gasteiger partial charge on any atom is -0.456 e. The second-order valence-electron chi connectivity index (χ2n) is 12.4. The summed E-state index contributed by atoms with van der Waals surface area (Å²) in [6, 6.07) is 55.9. The van der Waals surface area contributed by atoms with Gasteiger partial charge in [-0.25, -0.2) is 15.0 Å². The third-order valence-electron chi connectivity index (χ3n) is 9.36. The van der Waals surface area contributed by atoms with Gasteiger partial charge in [0.2, 0.25) is 0 Å². The van der Waals surface area contributed by atoms with Crippen LogP contribution in [-0.4, -0.2) is 15.0 Å². The fourth-order valence-electron chi connectivity index (χ4n) is 6.81. The van der Waals surface area contributed by atoms with Gasteiger partial charge >= 0.3 is 0 Å². The minimum absolute atomic E-state index is 0.580. The summed E-state index contributed by atoms with van der Waals surface area (Å²) in [4.78, 5) is 15.1. The van der Waals surface area contributed by atoms with E-state index in [0.29, 0.717) is 17.5 Å². The van der Waals surface area contributed by atoms with Crippen molar-refractivity contribution < 1.29 is 8.83 Å². The van der Waals surface area contributed by atoms with E-state index in [2.05, 4.69) is 103 Å². The molecule has 7 aromatic carbocycles. The lowest BCUT2D eigenvalue weighted by Crippen LogP contribution is -2.00. The highest BCUT2D eigenvalue weighted by atomic mass is 16.3. The molecule has 0 bridgehead atoms. The molecule has 50 heavy (non-hydrogen) atoms. The van der Waals surface area contributed by atoms with Crippen LogP contribution < -0.4 is 0 Å². The van der Waals surface area contributed by atoms with Gasteiger partial charge in [0.25, 0.3) is 0 Å². The van der Waals surface area contributed by atoms with Crippen LogP contribution in [0.3, 0.4) is 0 Å². The predicted octanol–water partition coefficient (Wildman–Crippen LogP) is 12.0. The molecule has 5 nitrogen and oxygen atoms in total. The van der Waals surface area contributed by atoms with Gasteiger partial charge in [-0.3, -0.25) is 0 Å². The summed E-state index contributed by atoms with van der Waals surface area (Å²) in [5, 5.41) is 4.39. The van der Waals surface area contributed by atoms with Crippen LogP contribution in [0.15, 0.2) is 173 Å². The molecule has 0 N–H and O–H groups in total. The van der Waals surface area contributed by atoms with E-state index in [1.807, 2.05) is 60.7 Å². The number of hydrogen-bond acceptors (Lipinski definition) is 5. The second kappa shape index (κ2) is 11.4. The summed E-state index contributed by atoms with van der Waals surface area (Å²) < 4.78 is 12.4. The maximum Gasteiger partial charge on any atom is 0.164 e. The normalized spacial score (nSPS) is 11.6. The predicted molar refractivity (Wildman–Crippen MR) is 202 cm³/mol. The van der Waals surface area contributed by atoms with Crippen molar-refractivity contribution in [1.82, 2.24) is 15.0 Å². The highest BCUT2D eigenvalue weighted by molar-refractivity contribution is 6.06. The molecule has 10 aromatic rings. The van der Waals surface area contributed by atoms with Crippen LogP contribution in [0.5, 0.6) is 0 Å². The SMILES string of the molecule is c1ccc(-c2cccc(-c3nc(-c4ccc(-c5ccc6c(c5)oc5ccccc56)cc4)nc(-c4ccc5c(c4)oc4ccccc45)n3)c2)cc1. The molecule has 0 unspecified atom stereocenters. The smallest absolute Gasteiger partial charge is 0.164 e. The van der Waals surface area contributed by atoms with Gasteiger partial charge in [-0.2, -0.15) is 0 Å². The van der Waals surface area contributed by atoms with Gasteiger partial charge in [-0.15, -0.1) is 0 Å². The van der Waals surface area contributed by atoms with Crippen molar-refractivity contribution in [1.29, 1.82) is 0 Å². The average molecular weight is 642 g/mol. The average Bonchev–Trinajstić information content (AvgIpc) is 3.76. The lowest BCUT2D eigenvalue weighted by Gasteiger charge is -2.10. The molecule has 0 radical (unpaired) electrons. The summed E-state index contributed by atoms with van der Waals surface area (Å²) in [6.45, 7) is 0. The molecule has 0 saturated heterocycles. The first-order valence-electron chi connectivity index (χ1n) is 16.6. The van der Waals surface area contributed by atoms with E-state index in [1.165, 1.54) is 0 Å². The Kier molecular flexibility index (Phi) is 6.42. The maximum absolute atomic E-state index is 6.23. The van der Waals surface area contributed by atoms with Crippen molar-refractivity contribution in [2.75, 3.05) is 0 Å². The van der Waals surface area contributed by atoms with Crippen molar-refractivity contribution in [2.45, 2.75) is 0 Å². The first kappa shape index (κ1) is 28.2. The first-order chi connectivity index (χ1) is 24.7. The van der Waals surface area contributed by atoms with Crippen molar-refractivity contribution in [3.8, 4) is 56.4 Å². The van der Waals surface area contributed by atoms with Gasteiger partial charge < -0.3 is 8.83 Å². The van der Waals surface area contributed by atoms with E-state index in [1.54, 1.807) is 0 Å². The summed E-state index contributed by atoms with van der Waals surface area (Å²) in [5.74, 6) is 1.78. The van der Waals surface area contributed by atoms with Crippen molar-refractivity contribution in [3.05, 3.63) is 164 Å². The quantitative estimate of drug-likeness (QED) is 0.187. The molecular weight excluding hydrogens is 615 g/mol. The zero-order chi connectivity index (χ0) is 33.0. The highest BCUT2D eigenvalue weighted by Crippen LogP contribution is 2.35. The number of benzene rings is 7. The van der Waals surface area contributed by atoms with Gasteiger partial charge in [0, 0.05) is 38.2 Å². The van der Waals surface area contributed by atoms with Gasteiger partial charge in [0.15, 0.2) is 17.5 Å². The monoisotopic (exact) mass is 641 g/mol. The first-order valence-corrected chi connectivity index (χ1v) is 16.6. The van der Waals surface area contributed by atoms with Crippen LogP contribution >= 0.6 is 0 Å². The van der Waals surface area contributed by atoms with Crippen molar-refractivity contribution >= 4 is 43.9 Å². The lowest BCUT2D eigenvalue weighted by atomic mass is 10.0. The van der Waals surface area contributed by atoms with Crippen LogP contribution in [-0.2, 0) is 0 Å². The van der Waals surface area contributed by atoms with E-state index in [4.69, 9.17) is 23.8 Å². The number of para-hydroxylation sites is 2. The van der Waals surface area contributed by atoms with Crippen LogP contribution in [0.1, 0.15) is 0 Å². The topological polar surface area (TPSA) is 65.0 Å². The summed E-state index contributed by atoms with van der Waals surface area (Å²) >= 11 is 0. The number of fused-ring (bicyclic) bond motifs is 6. The highest BCUT2D eigenvalue weighted by Gasteiger charge is 2.16. The molecule has 0 amide bonds. The Hall–Kier alpha value is -6.85. The molecule has 3 heterocycles. The summed E-state index contributed by atoms with van der Waals surface area (Å²) in [5.41, 5.74) is 10.5. The van der Waals surface area contributed by atoms with Gasteiger partial charge in [0.05, 0.1) is 0 Å². The molecule has 0 aliphatic carbocycles. The number of furan rings is 2. The number of aromatic nitrogens is 3. The molecule has 234 valence electrons. The molecule has 0 fully saturated rings. The van der Waals surface area contributed by atoms with E-state index in [-0.39, 0.29) is 0 Å². The third-order valence-corrected chi connectivity index (χ3v) is 9.36. The van der Waals surface area contributed by atoms with E-state index in [0.717, 1.165) is 82.8 Å². The van der Waals surface area contributed by atoms with E-state index in [9.17, 15) is 0 Å². The maximum atomic E-state index is 6.23. The molecule has 0 saturated carbocycles. The molecule has 5 heteroatoms. The van der Waals surface area contributed by atoms with Crippen molar-refractivity contribution in [3.63, 3.8) is 0 Å². The zero-order valence-corrected chi connectivity index (χ0v) is 26.7. The van der Waals surface area contributed by atoms with Gasteiger partial charge in [-0.05, 0) is 64.7 Å². The third kappa shape index (κ3) is 4.83. The zero-order valence-electron chi connectivity index (χ0n) is 26.7. The minimum atomic E-state index is 0.580. The fourth-order valence-corrected chi connectivity index (χ4v) is 6.81. The Morgan fingerprint density at radius 1 is 0.260 bits per heavy atom. The molecule has 0 atom stereocenters. The lowest BCUT2D eigenvalue weighted by molar-refractivity contribution is 0.668. The Morgan fingerprint density at radius 3 is 1.32 bits per heavy atom. The Bertz CT molecular complexity index is 2870. The second-order valence-corrected chi connectivity index (χ2v) is 12.4. The van der Waals surface area contributed by atoms with Crippen LogP contribution in [0.25, 0.3) is 100 Å². The molecule has 10 rings (SSSR count). The summed E-state index contributed by atoms with van der Waals surface area (Å²) in [6.07, 6.45) is 0. The molecule has 0 spiro atoms. The Morgan fingerprint density at radius 2 is 0.660 bits per heavy atom. The van der Waals surface area contributed by atoms with Crippen LogP contribution in [0.2, 0.25) is 0 Å². The van der Waals surface area contributed by atoms with E-state index >= 15 is 0 Å². The number of hydrogen-bond donors (Lipinski definition) is 0. The Balaban J connectivity index is 1.08. The standard InChI is InChI=1S/C45H27N3O2/c1-2-9-28(10-3-1)31-11-8-12-33(25-31)44-46-43(47-45(48-44)34-22-24-38-36-14-5-7-16-40(36)50-42(38)27-34)30-19-17-29(18-20-30)32-21-23-37-35-13-4-6-15-39(35)49-41(37)26-32/h1-27H. The fraction of sp³-hybridized carbons (Fsp3) is 0. The Labute approximate surface area is 287 Å². The molecule has 0 aliphatic rings.